The highest BCUT2D eigenvalue weighted by molar-refractivity contribution is 6.00. The lowest BCUT2D eigenvalue weighted by Crippen LogP contribution is -2.41. The molecule has 0 bridgehead atoms. The molecule has 1 unspecified atom stereocenters. The molecular formula is C26H29N3O3. The van der Waals surface area contributed by atoms with E-state index in [0.29, 0.717) is 19.4 Å². The largest absolute Gasteiger partial charge is 0.488 e. The number of likely N-dealkylation sites (tertiary alicyclic amines) is 1. The molecule has 0 spiro atoms. The SMILES string of the molecule is O=C1CCC(n2cc3cccc(OCc4ccc(CN5CCCCC5)cc4)c3c2)C(=O)N1. The lowest BCUT2D eigenvalue weighted by molar-refractivity contribution is -0.135. The van der Waals surface area contributed by atoms with Crippen LogP contribution >= 0.6 is 0 Å². The molecule has 3 aromatic rings. The van der Waals surface area contributed by atoms with Crippen LogP contribution in [0.5, 0.6) is 5.75 Å². The Bertz CT molecular complexity index is 1110. The summed E-state index contributed by atoms with van der Waals surface area (Å²) in [7, 11) is 0. The van der Waals surface area contributed by atoms with Crippen molar-refractivity contribution < 1.29 is 14.3 Å². The molecule has 1 N–H and O–H groups in total. The van der Waals surface area contributed by atoms with E-state index >= 15 is 0 Å². The van der Waals surface area contributed by atoms with E-state index < -0.39 is 0 Å². The van der Waals surface area contributed by atoms with Crippen molar-refractivity contribution in [3.63, 3.8) is 0 Å². The number of nitrogens with zero attached hydrogens (tertiary/aromatic N) is 2. The van der Waals surface area contributed by atoms with Gasteiger partial charge in [-0.2, -0.15) is 0 Å². The molecule has 0 aliphatic carbocycles. The molecule has 2 aliphatic rings. The summed E-state index contributed by atoms with van der Waals surface area (Å²) in [5, 5.41) is 4.42. The maximum atomic E-state index is 12.2. The minimum atomic E-state index is -0.361. The Balaban J connectivity index is 1.25. The highest BCUT2D eigenvalue weighted by Gasteiger charge is 2.28. The number of hydrogen-bond acceptors (Lipinski definition) is 4. The molecule has 32 heavy (non-hydrogen) atoms. The van der Waals surface area contributed by atoms with Crippen LogP contribution in [0.15, 0.2) is 54.9 Å². The Kier molecular flexibility index (Phi) is 5.95. The predicted molar refractivity (Wildman–Crippen MR) is 123 cm³/mol. The number of carbonyl (C=O) groups excluding carboxylic acids is 2. The Labute approximate surface area is 188 Å². The van der Waals surface area contributed by atoms with Gasteiger partial charge >= 0.3 is 0 Å². The van der Waals surface area contributed by atoms with Gasteiger partial charge in [0.1, 0.15) is 18.4 Å². The number of fused-ring (bicyclic) bond motifs is 1. The fraction of sp³-hybridized carbons (Fsp3) is 0.385. The average Bonchev–Trinajstić information content (AvgIpc) is 3.24. The molecule has 5 rings (SSSR count). The first-order chi connectivity index (χ1) is 15.7. The molecule has 2 fully saturated rings. The molecule has 2 saturated heterocycles. The Hall–Kier alpha value is -3.12. The maximum Gasteiger partial charge on any atom is 0.249 e. The normalized spacial score (nSPS) is 19.8. The zero-order chi connectivity index (χ0) is 21.9. The van der Waals surface area contributed by atoms with Crippen LogP contribution in [0.25, 0.3) is 10.8 Å². The first-order valence-electron chi connectivity index (χ1n) is 11.5. The van der Waals surface area contributed by atoms with E-state index in [9.17, 15) is 9.59 Å². The second kappa shape index (κ2) is 9.17. The molecule has 6 nitrogen and oxygen atoms in total. The van der Waals surface area contributed by atoms with Crippen molar-refractivity contribution in [1.82, 2.24) is 14.8 Å². The summed E-state index contributed by atoms with van der Waals surface area (Å²) >= 11 is 0. The number of aromatic nitrogens is 1. The number of hydrogen-bond donors (Lipinski definition) is 1. The van der Waals surface area contributed by atoms with Crippen molar-refractivity contribution in [3.05, 3.63) is 66.0 Å². The summed E-state index contributed by atoms with van der Waals surface area (Å²) in [5.41, 5.74) is 2.48. The van der Waals surface area contributed by atoms with Crippen LogP contribution in [-0.4, -0.2) is 34.4 Å². The Morgan fingerprint density at radius 2 is 1.72 bits per heavy atom. The van der Waals surface area contributed by atoms with Gasteiger partial charge in [-0.05, 0) is 49.5 Å². The molecule has 1 atom stereocenters. The zero-order valence-electron chi connectivity index (χ0n) is 18.3. The third-order valence-corrected chi connectivity index (χ3v) is 6.51. The minimum absolute atomic E-state index is 0.200. The van der Waals surface area contributed by atoms with Crippen LogP contribution in [0.4, 0.5) is 0 Å². The monoisotopic (exact) mass is 431 g/mol. The van der Waals surface area contributed by atoms with Crippen LogP contribution in [0.1, 0.15) is 49.3 Å². The molecule has 2 aliphatic heterocycles. The molecular weight excluding hydrogens is 402 g/mol. The second-order valence-electron chi connectivity index (χ2n) is 8.87. The van der Waals surface area contributed by atoms with Gasteiger partial charge in [-0.3, -0.25) is 19.8 Å². The standard InChI is InChI=1S/C26H29N3O3/c30-25-12-11-23(26(31)27-25)29-16-21-5-4-6-24(22(21)17-29)32-18-20-9-7-19(8-10-20)15-28-13-2-1-3-14-28/h4-10,16-17,23H,1-3,11-15,18H2,(H,27,30,31). The molecule has 3 heterocycles. The van der Waals surface area contributed by atoms with Crippen molar-refractivity contribution >= 4 is 22.6 Å². The number of carbonyl (C=O) groups is 2. The summed E-state index contributed by atoms with van der Waals surface area (Å²) in [6, 6.07) is 14.3. The number of benzene rings is 2. The van der Waals surface area contributed by atoms with E-state index in [4.69, 9.17) is 4.74 Å². The van der Waals surface area contributed by atoms with Crippen LogP contribution in [0.3, 0.4) is 0 Å². The van der Waals surface area contributed by atoms with Gasteiger partial charge in [0.05, 0.1) is 0 Å². The fourth-order valence-electron chi connectivity index (χ4n) is 4.71. The molecule has 6 heteroatoms. The van der Waals surface area contributed by atoms with Gasteiger partial charge in [0, 0.05) is 36.1 Å². The van der Waals surface area contributed by atoms with Crippen LogP contribution < -0.4 is 10.1 Å². The summed E-state index contributed by atoms with van der Waals surface area (Å²) in [6.45, 7) is 3.92. The van der Waals surface area contributed by atoms with Gasteiger partial charge in [0.15, 0.2) is 0 Å². The molecule has 2 aromatic carbocycles. The van der Waals surface area contributed by atoms with E-state index in [0.717, 1.165) is 28.6 Å². The fourth-order valence-corrected chi connectivity index (χ4v) is 4.71. The second-order valence-corrected chi connectivity index (χ2v) is 8.87. The molecule has 0 radical (unpaired) electrons. The number of nitrogens with one attached hydrogen (secondary N) is 1. The summed E-state index contributed by atoms with van der Waals surface area (Å²) in [6.07, 6.45) is 8.76. The maximum absolute atomic E-state index is 12.2. The number of piperidine rings is 2. The summed E-state index contributed by atoms with van der Waals surface area (Å²) in [5.74, 6) is 0.355. The summed E-state index contributed by atoms with van der Waals surface area (Å²) in [4.78, 5) is 26.2. The Morgan fingerprint density at radius 3 is 2.50 bits per heavy atom. The number of ether oxygens (including phenoxy) is 1. The van der Waals surface area contributed by atoms with E-state index in [1.54, 1.807) is 0 Å². The van der Waals surface area contributed by atoms with Crippen molar-refractivity contribution in [2.24, 2.45) is 0 Å². The molecule has 0 saturated carbocycles. The van der Waals surface area contributed by atoms with Crippen molar-refractivity contribution in [2.45, 2.75) is 51.3 Å². The smallest absolute Gasteiger partial charge is 0.249 e. The van der Waals surface area contributed by atoms with Crippen molar-refractivity contribution in [1.29, 1.82) is 0 Å². The minimum Gasteiger partial charge on any atom is -0.488 e. The lowest BCUT2D eigenvalue weighted by atomic mass is 10.1. The lowest BCUT2D eigenvalue weighted by Gasteiger charge is -2.26. The molecule has 1 aromatic heterocycles. The number of amides is 2. The molecule has 2 amide bonds. The number of rotatable bonds is 6. The van der Waals surface area contributed by atoms with Crippen molar-refractivity contribution in [2.75, 3.05) is 13.1 Å². The first kappa shape index (κ1) is 20.8. The van der Waals surface area contributed by atoms with E-state index in [-0.39, 0.29) is 17.9 Å². The van der Waals surface area contributed by atoms with Gasteiger partial charge in [-0.25, -0.2) is 0 Å². The predicted octanol–water partition coefficient (Wildman–Crippen LogP) is 4.18. The van der Waals surface area contributed by atoms with Crippen LogP contribution in [0.2, 0.25) is 0 Å². The zero-order valence-corrected chi connectivity index (χ0v) is 18.3. The third-order valence-electron chi connectivity index (χ3n) is 6.51. The van der Waals surface area contributed by atoms with E-state index in [1.165, 1.54) is 37.9 Å². The first-order valence-corrected chi connectivity index (χ1v) is 11.5. The highest BCUT2D eigenvalue weighted by atomic mass is 16.5. The van der Waals surface area contributed by atoms with Crippen LogP contribution in [0, 0.1) is 0 Å². The highest BCUT2D eigenvalue weighted by Crippen LogP contribution is 2.30. The van der Waals surface area contributed by atoms with Crippen LogP contribution in [-0.2, 0) is 22.7 Å². The van der Waals surface area contributed by atoms with Gasteiger partial charge < -0.3 is 9.30 Å². The quantitative estimate of drug-likeness (QED) is 0.595. The third kappa shape index (κ3) is 4.55. The van der Waals surface area contributed by atoms with Crippen molar-refractivity contribution in [3.8, 4) is 5.75 Å². The summed E-state index contributed by atoms with van der Waals surface area (Å²) < 4.78 is 8.06. The van der Waals surface area contributed by atoms with Gasteiger partial charge in [-0.15, -0.1) is 0 Å². The molecule has 166 valence electrons. The van der Waals surface area contributed by atoms with E-state index in [2.05, 4.69) is 34.5 Å². The Morgan fingerprint density at radius 1 is 0.938 bits per heavy atom. The van der Waals surface area contributed by atoms with Gasteiger partial charge in [0.2, 0.25) is 11.8 Å². The average molecular weight is 432 g/mol. The van der Waals surface area contributed by atoms with E-state index in [1.807, 2.05) is 35.2 Å². The number of imide groups is 1. The van der Waals surface area contributed by atoms with Gasteiger partial charge in [0.25, 0.3) is 0 Å². The van der Waals surface area contributed by atoms with Gasteiger partial charge in [-0.1, -0.05) is 42.8 Å². The topological polar surface area (TPSA) is 63.6 Å².